The first-order valence-electron chi connectivity index (χ1n) is 10.3. The van der Waals surface area contributed by atoms with Gasteiger partial charge in [-0.3, -0.25) is 9.59 Å². The number of carbonyl (C=O) groups is 2. The Morgan fingerprint density at radius 1 is 1.16 bits per heavy atom. The molecule has 1 atom stereocenters. The molecule has 0 saturated carbocycles. The summed E-state index contributed by atoms with van der Waals surface area (Å²) in [5, 5.41) is 11.4. The van der Waals surface area contributed by atoms with Crippen LogP contribution in [-0.2, 0) is 17.8 Å². The molecule has 170 valence electrons. The summed E-state index contributed by atoms with van der Waals surface area (Å²) >= 11 is 6.92. The summed E-state index contributed by atoms with van der Waals surface area (Å²) in [4.78, 5) is 28.1. The minimum Gasteiger partial charge on any atom is -0.480 e. The third kappa shape index (κ3) is 5.32. The Hall–Kier alpha value is -2.39. The average Bonchev–Trinajstić information content (AvgIpc) is 3.05. The Kier molecular flexibility index (Phi) is 7.61. The molecule has 0 unspecified atom stereocenters. The minimum atomic E-state index is -1.10. The molecule has 0 bridgehead atoms. The van der Waals surface area contributed by atoms with Crippen molar-refractivity contribution in [3.8, 4) is 11.5 Å². The zero-order valence-electron chi connectivity index (χ0n) is 18.3. The van der Waals surface area contributed by atoms with Crippen molar-refractivity contribution in [1.82, 2.24) is 14.9 Å². The lowest BCUT2D eigenvalue weighted by Gasteiger charge is -2.14. The molecule has 2 N–H and O–H groups in total. The molecule has 0 saturated heterocycles. The Labute approximate surface area is 203 Å². The van der Waals surface area contributed by atoms with Gasteiger partial charge in [0, 0.05) is 24.6 Å². The van der Waals surface area contributed by atoms with Crippen molar-refractivity contribution >= 4 is 54.8 Å². The second kappa shape index (κ2) is 10.0. The van der Waals surface area contributed by atoms with Gasteiger partial charge >= 0.3 is 5.97 Å². The summed E-state index contributed by atoms with van der Waals surface area (Å²) < 4.78 is 9.45. The SMILES string of the molecule is CCn1c(CC(C)C)nc2ccc(Oc3c(Br)cc(C(=O)N[C@@H](C)C(=O)O)cc3Br)cc21. The molecular formula is C23H25Br2N3O4. The quantitative estimate of drug-likeness (QED) is 0.361. The van der Waals surface area contributed by atoms with E-state index in [1.54, 1.807) is 12.1 Å². The van der Waals surface area contributed by atoms with Crippen molar-refractivity contribution in [2.75, 3.05) is 0 Å². The second-order valence-corrected chi connectivity index (χ2v) is 9.63. The van der Waals surface area contributed by atoms with E-state index in [0.717, 1.165) is 29.8 Å². The summed E-state index contributed by atoms with van der Waals surface area (Å²) in [7, 11) is 0. The minimum absolute atomic E-state index is 0.307. The maximum Gasteiger partial charge on any atom is 0.325 e. The van der Waals surface area contributed by atoms with E-state index in [0.29, 0.717) is 31.9 Å². The number of hydrogen-bond acceptors (Lipinski definition) is 4. The number of carboxylic acid groups (broad SMARTS) is 1. The van der Waals surface area contributed by atoms with Crippen LogP contribution in [0.3, 0.4) is 0 Å². The number of fused-ring (bicyclic) bond motifs is 1. The second-order valence-electron chi connectivity index (χ2n) is 7.93. The number of rotatable bonds is 8. The Balaban J connectivity index is 1.89. The zero-order chi connectivity index (χ0) is 23.6. The highest BCUT2D eigenvalue weighted by molar-refractivity contribution is 9.11. The molecule has 0 fully saturated rings. The molecule has 9 heteroatoms. The Morgan fingerprint density at radius 3 is 2.38 bits per heavy atom. The van der Waals surface area contributed by atoms with E-state index in [9.17, 15) is 9.59 Å². The molecule has 1 amide bonds. The van der Waals surface area contributed by atoms with E-state index in [4.69, 9.17) is 14.8 Å². The number of nitrogens with zero attached hydrogens (tertiary/aromatic N) is 2. The third-order valence-corrected chi connectivity index (χ3v) is 6.08. The van der Waals surface area contributed by atoms with Crippen LogP contribution < -0.4 is 10.1 Å². The predicted octanol–water partition coefficient (Wildman–Crippen LogP) is 5.77. The van der Waals surface area contributed by atoms with E-state index < -0.39 is 17.9 Å². The zero-order valence-corrected chi connectivity index (χ0v) is 21.4. The number of amides is 1. The summed E-state index contributed by atoms with van der Waals surface area (Å²) in [5.41, 5.74) is 2.24. The monoisotopic (exact) mass is 565 g/mol. The molecule has 0 spiro atoms. The number of carboxylic acids is 1. The van der Waals surface area contributed by atoms with E-state index in [-0.39, 0.29) is 0 Å². The van der Waals surface area contributed by atoms with E-state index in [2.05, 4.69) is 62.5 Å². The highest BCUT2D eigenvalue weighted by atomic mass is 79.9. The van der Waals surface area contributed by atoms with Gasteiger partial charge in [-0.15, -0.1) is 0 Å². The van der Waals surface area contributed by atoms with Crippen molar-refractivity contribution in [2.45, 2.75) is 46.7 Å². The molecule has 3 aromatic rings. The predicted molar refractivity (Wildman–Crippen MR) is 130 cm³/mol. The average molecular weight is 567 g/mol. The molecule has 1 aromatic heterocycles. The highest BCUT2D eigenvalue weighted by Gasteiger charge is 2.19. The lowest BCUT2D eigenvalue weighted by atomic mass is 10.1. The molecule has 3 rings (SSSR count). The molecule has 2 aromatic carbocycles. The van der Waals surface area contributed by atoms with Crippen molar-refractivity contribution in [3.63, 3.8) is 0 Å². The molecular weight excluding hydrogens is 542 g/mol. The molecule has 32 heavy (non-hydrogen) atoms. The number of imidazole rings is 1. The van der Waals surface area contributed by atoms with Crippen LogP contribution in [0.15, 0.2) is 39.3 Å². The first-order chi connectivity index (χ1) is 15.1. The maximum atomic E-state index is 12.4. The summed E-state index contributed by atoms with van der Waals surface area (Å²) in [6.07, 6.45) is 0.903. The number of ether oxygens (including phenoxy) is 1. The molecule has 1 heterocycles. The first kappa shape index (κ1) is 24.3. The van der Waals surface area contributed by atoms with Crippen LogP contribution in [0, 0.1) is 5.92 Å². The van der Waals surface area contributed by atoms with Crippen molar-refractivity contribution < 1.29 is 19.4 Å². The van der Waals surface area contributed by atoms with Crippen LogP contribution in [-0.4, -0.2) is 32.6 Å². The maximum absolute atomic E-state index is 12.4. The van der Waals surface area contributed by atoms with E-state index in [1.807, 2.05) is 18.2 Å². The van der Waals surface area contributed by atoms with Gasteiger partial charge < -0.3 is 19.7 Å². The van der Waals surface area contributed by atoms with Gasteiger partial charge in [0.15, 0.2) is 5.75 Å². The van der Waals surface area contributed by atoms with E-state index in [1.165, 1.54) is 6.92 Å². The number of nitrogens with one attached hydrogen (secondary N) is 1. The third-order valence-electron chi connectivity index (χ3n) is 4.90. The summed E-state index contributed by atoms with van der Waals surface area (Å²) in [6.45, 7) is 8.67. The smallest absolute Gasteiger partial charge is 0.325 e. The fourth-order valence-corrected chi connectivity index (χ4v) is 4.69. The van der Waals surface area contributed by atoms with Crippen LogP contribution in [0.5, 0.6) is 11.5 Å². The van der Waals surface area contributed by atoms with Crippen LogP contribution in [0.1, 0.15) is 43.9 Å². The fourth-order valence-electron chi connectivity index (χ4n) is 3.34. The van der Waals surface area contributed by atoms with E-state index >= 15 is 0 Å². The lowest BCUT2D eigenvalue weighted by Crippen LogP contribution is -2.38. The van der Waals surface area contributed by atoms with Gasteiger partial charge in [0.25, 0.3) is 5.91 Å². The highest BCUT2D eigenvalue weighted by Crippen LogP contribution is 2.38. The van der Waals surface area contributed by atoms with Crippen LogP contribution in [0.4, 0.5) is 0 Å². The normalized spacial score (nSPS) is 12.2. The van der Waals surface area contributed by atoms with Gasteiger partial charge in [-0.1, -0.05) is 13.8 Å². The van der Waals surface area contributed by atoms with Crippen LogP contribution in [0.25, 0.3) is 11.0 Å². The number of benzene rings is 2. The Bertz CT molecular complexity index is 1150. The van der Waals surface area contributed by atoms with Crippen LogP contribution >= 0.6 is 31.9 Å². The van der Waals surface area contributed by atoms with Gasteiger partial charge in [-0.25, -0.2) is 4.98 Å². The van der Waals surface area contributed by atoms with Crippen LogP contribution in [0.2, 0.25) is 0 Å². The number of carbonyl (C=O) groups excluding carboxylic acids is 1. The number of hydrogen-bond donors (Lipinski definition) is 2. The summed E-state index contributed by atoms with van der Waals surface area (Å²) in [6, 6.07) is 7.97. The largest absolute Gasteiger partial charge is 0.480 e. The first-order valence-corrected chi connectivity index (χ1v) is 11.9. The van der Waals surface area contributed by atoms with Gasteiger partial charge in [-0.05, 0) is 75.9 Å². The van der Waals surface area contributed by atoms with Crippen molar-refractivity contribution in [3.05, 3.63) is 50.7 Å². The number of aliphatic carboxylic acids is 1. The number of halogens is 2. The Morgan fingerprint density at radius 2 is 1.81 bits per heavy atom. The topological polar surface area (TPSA) is 93.5 Å². The fraction of sp³-hybridized carbons (Fsp3) is 0.348. The molecule has 0 aliphatic carbocycles. The van der Waals surface area contributed by atoms with Gasteiger partial charge in [0.1, 0.15) is 17.6 Å². The van der Waals surface area contributed by atoms with Gasteiger partial charge in [0.2, 0.25) is 0 Å². The van der Waals surface area contributed by atoms with Gasteiger partial charge in [0.05, 0.1) is 20.0 Å². The van der Waals surface area contributed by atoms with Gasteiger partial charge in [-0.2, -0.15) is 0 Å². The molecule has 0 radical (unpaired) electrons. The standard InChI is InChI=1S/C23H25Br2N3O4/c1-5-28-19-11-15(6-7-18(19)27-20(28)8-12(2)3)32-21-16(24)9-14(10-17(21)25)22(29)26-13(4)23(30)31/h6-7,9-13H,5,8H2,1-4H3,(H,26,29)(H,30,31)/t13-/m0/s1. The number of aryl methyl sites for hydroxylation is 1. The summed E-state index contributed by atoms with van der Waals surface area (Å²) in [5.74, 6) is 1.13. The molecule has 0 aliphatic heterocycles. The molecule has 7 nitrogen and oxygen atoms in total. The number of aromatic nitrogens is 2. The van der Waals surface area contributed by atoms with Crippen molar-refractivity contribution in [2.24, 2.45) is 5.92 Å². The lowest BCUT2D eigenvalue weighted by molar-refractivity contribution is -0.138. The van der Waals surface area contributed by atoms with Crippen molar-refractivity contribution in [1.29, 1.82) is 0 Å². The molecule has 0 aliphatic rings.